The molecule has 4 radical (unpaired) electrons. The van der Waals surface area contributed by atoms with E-state index in [1.807, 2.05) is 0 Å². The predicted octanol–water partition coefficient (Wildman–Crippen LogP) is -0.690. The molecule has 0 unspecified atom stereocenters. The molecule has 0 fully saturated rings. The number of benzene rings is 2. The zero-order chi connectivity index (χ0) is 9.38. The quantitative estimate of drug-likeness (QED) is 0.429. The minimum absolute atomic E-state index is 0.851. The van der Waals surface area contributed by atoms with Gasteiger partial charge in [0.25, 0.3) is 0 Å². The maximum absolute atomic E-state index is 2.26. The van der Waals surface area contributed by atoms with E-state index in [1.165, 1.54) is 20.7 Å². The van der Waals surface area contributed by atoms with Crippen LogP contribution >= 0.6 is 0 Å². The van der Waals surface area contributed by atoms with E-state index in [4.69, 9.17) is 0 Å². The number of hydrogen-bond acceptors (Lipinski definition) is 0. The van der Waals surface area contributed by atoms with Gasteiger partial charge in [0.05, 0.1) is 0 Å². The van der Waals surface area contributed by atoms with Crippen LogP contribution in [0, 0.1) is 0 Å². The summed E-state index contributed by atoms with van der Waals surface area (Å²) in [6.45, 7) is 0. The van der Waals surface area contributed by atoms with Gasteiger partial charge in [-0.1, -0.05) is 69.3 Å². The summed E-state index contributed by atoms with van der Waals surface area (Å²) in [4.78, 5) is 0. The molecule has 0 aliphatic carbocycles. The van der Waals surface area contributed by atoms with Crippen LogP contribution in [0.3, 0.4) is 0 Å². The summed E-state index contributed by atoms with van der Waals surface area (Å²) in [5.41, 5.74) is 0. The SMILES string of the molecule is c1ccc2c(c1)[Si]c1ccccc1[Si]2. The van der Waals surface area contributed by atoms with Gasteiger partial charge in [-0.05, 0) is 0 Å². The Morgan fingerprint density at radius 1 is 0.500 bits per heavy atom. The molecule has 0 nitrogen and oxygen atoms in total. The monoisotopic (exact) mass is 208 g/mol. The number of hydrogen-bond donors (Lipinski definition) is 0. The molecule has 0 bridgehead atoms. The second kappa shape index (κ2) is 3.22. The molecule has 64 valence electrons. The van der Waals surface area contributed by atoms with E-state index in [2.05, 4.69) is 48.5 Å². The summed E-state index contributed by atoms with van der Waals surface area (Å²) in [5, 5.41) is 6.13. The Balaban J connectivity index is 2.12. The molecule has 2 aromatic rings. The van der Waals surface area contributed by atoms with Crippen LogP contribution in [-0.2, 0) is 0 Å². The first kappa shape index (κ1) is 8.20. The van der Waals surface area contributed by atoms with Crippen molar-refractivity contribution in [3.05, 3.63) is 48.5 Å². The highest BCUT2D eigenvalue weighted by Crippen LogP contribution is 1.87. The maximum Gasteiger partial charge on any atom is 0.121 e. The molecule has 1 aliphatic heterocycles. The molecule has 2 aromatic carbocycles. The highest BCUT2D eigenvalue weighted by molar-refractivity contribution is 6.87. The highest BCUT2D eigenvalue weighted by Gasteiger charge is 2.15. The smallest absolute Gasteiger partial charge is 0.0632 e. The molecule has 0 aromatic heterocycles. The maximum atomic E-state index is 2.26. The molecular weight excluding hydrogens is 200 g/mol. The van der Waals surface area contributed by atoms with E-state index in [0.29, 0.717) is 0 Å². The lowest BCUT2D eigenvalue weighted by Gasteiger charge is -2.17. The van der Waals surface area contributed by atoms with Crippen molar-refractivity contribution in [2.24, 2.45) is 0 Å². The van der Waals surface area contributed by atoms with Gasteiger partial charge in [-0.15, -0.1) is 0 Å². The molecule has 0 atom stereocenters. The van der Waals surface area contributed by atoms with E-state index in [1.54, 1.807) is 0 Å². The highest BCUT2D eigenvalue weighted by atomic mass is 28.2. The van der Waals surface area contributed by atoms with Crippen LogP contribution in [0.25, 0.3) is 0 Å². The number of rotatable bonds is 0. The predicted molar refractivity (Wildman–Crippen MR) is 62.9 cm³/mol. The largest absolute Gasteiger partial charge is 0.121 e. The summed E-state index contributed by atoms with van der Waals surface area (Å²) < 4.78 is 0. The zero-order valence-electron chi connectivity index (χ0n) is 7.62. The molecule has 0 saturated heterocycles. The summed E-state index contributed by atoms with van der Waals surface area (Å²) in [7, 11) is 1.70. The zero-order valence-corrected chi connectivity index (χ0v) is 9.62. The van der Waals surface area contributed by atoms with Crippen LogP contribution in [0.5, 0.6) is 0 Å². The van der Waals surface area contributed by atoms with Gasteiger partial charge >= 0.3 is 0 Å². The minimum atomic E-state index is 0.851. The Labute approximate surface area is 88.6 Å². The van der Waals surface area contributed by atoms with Gasteiger partial charge < -0.3 is 0 Å². The van der Waals surface area contributed by atoms with Gasteiger partial charge in [-0.3, -0.25) is 0 Å². The standard InChI is InChI=1S/C12H8Si2/c1-2-6-10-9(5-1)13-11-7-3-4-8-12(11)14-10/h1-8H. The molecule has 0 spiro atoms. The lowest BCUT2D eigenvalue weighted by atomic mass is 10.3. The van der Waals surface area contributed by atoms with E-state index in [0.717, 1.165) is 19.0 Å². The average Bonchev–Trinajstić information content (AvgIpc) is 2.26. The lowest BCUT2D eigenvalue weighted by Crippen LogP contribution is -2.56. The Hall–Kier alpha value is -1.13. The van der Waals surface area contributed by atoms with Gasteiger partial charge in [0.15, 0.2) is 0 Å². The second-order valence-electron chi connectivity index (χ2n) is 3.34. The molecule has 2 heteroatoms. The van der Waals surface area contributed by atoms with Crippen molar-refractivity contribution in [3.8, 4) is 0 Å². The van der Waals surface area contributed by atoms with Crippen molar-refractivity contribution in [1.29, 1.82) is 0 Å². The van der Waals surface area contributed by atoms with Crippen LogP contribution in [0.15, 0.2) is 48.5 Å². The molecular formula is C12H8Si2. The third-order valence-electron chi connectivity index (χ3n) is 2.39. The summed E-state index contributed by atoms with van der Waals surface area (Å²) >= 11 is 0. The van der Waals surface area contributed by atoms with Crippen molar-refractivity contribution < 1.29 is 0 Å². The fourth-order valence-corrected chi connectivity index (χ4v) is 4.61. The van der Waals surface area contributed by atoms with Crippen LogP contribution in [-0.4, -0.2) is 19.0 Å². The first-order valence-electron chi connectivity index (χ1n) is 4.65. The van der Waals surface area contributed by atoms with Crippen molar-refractivity contribution >= 4 is 39.8 Å². The van der Waals surface area contributed by atoms with Crippen LogP contribution in [0.2, 0.25) is 0 Å². The number of fused-ring (bicyclic) bond motifs is 2. The normalized spacial score (nSPS) is 13.1. The third-order valence-corrected chi connectivity index (χ3v) is 5.71. The third kappa shape index (κ3) is 1.27. The summed E-state index contributed by atoms with van der Waals surface area (Å²) in [5.74, 6) is 0. The lowest BCUT2D eigenvalue weighted by molar-refractivity contribution is 1.77. The molecule has 14 heavy (non-hydrogen) atoms. The Bertz CT molecular complexity index is 390. The second-order valence-corrected chi connectivity index (χ2v) is 6.00. The Morgan fingerprint density at radius 2 is 0.786 bits per heavy atom. The van der Waals surface area contributed by atoms with Crippen LogP contribution < -0.4 is 20.7 Å². The first-order chi connectivity index (χ1) is 6.93. The van der Waals surface area contributed by atoms with Crippen LogP contribution in [0.1, 0.15) is 0 Å². The molecule has 0 amide bonds. The molecule has 0 N–H and O–H groups in total. The van der Waals surface area contributed by atoms with Gasteiger partial charge in [-0.2, -0.15) is 0 Å². The fraction of sp³-hybridized carbons (Fsp3) is 0. The first-order valence-corrected chi connectivity index (χ1v) is 6.65. The van der Waals surface area contributed by atoms with Crippen molar-refractivity contribution in [1.82, 2.24) is 0 Å². The average molecular weight is 208 g/mol. The van der Waals surface area contributed by atoms with Gasteiger partial charge in [0, 0.05) is 0 Å². The molecule has 1 heterocycles. The molecule has 0 saturated carbocycles. The van der Waals surface area contributed by atoms with E-state index >= 15 is 0 Å². The molecule has 3 rings (SSSR count). The Morgan fingerprint density at radius 3 is 1.07 bits per heavy atom. The van der Waals surface area contributed by atoms with Gasteiger partial charge in [0.1, 0.15) is 19.0 Å². The minimum Gasteiger partial charge on any atom is -0.0632 e. The van der Waals surface area contributed by atoms with Crippen molar-refractivity contribution in [2.75, 3.05) is 0 Å². The Kier molecular flexibility index (Phi) is 1.89. The van der Waals surface area contributed by atoms with Crippen molar-refractivity contribution in [3.63, 3.8) is 0 Å². The molecule has 1 aliphatic rings. The van der Waals surface area contributed by atoms with Crippen molar-refractivity contribution in [2.45, 2.75) is 0 Å². The van der Waals surface area contributed by atoms with E-state index < -0.39 is 0 Å². The van der Waals surface area contributed by atoms with E-state index in [-0.39, 0.29) is 0 Å². The van der Waals surface area contributed by atoms with E-state index in [9.17, 15) is 0 Å². The summed E-state index contributed by atoms with van der Waals surface area (Å²) in [6.07, 6.45) is 0. The summed E-state index contributed by atoms with van der Waals surface area (Å²) in [6, 6.07) is 17.6. The topological polar surface area (TPSA) is 0 Å². The van der Waals surface area contributed by atoms with Crippen LogP contribution in [0.4, 0.5) is 0 Å². The van der Waals surface area contributed by atoms with Gasteiger partial charge in [-0.25, -0.2) is 0 Å². The van der Waals surface area contributed by atoms with Gasteiger partial charge in [0.2, 0.25) is 0 Å². The fourth-order valence-electron chi connectivity index (χ4n) is 1.69.